The molecule has 0 aromatic carbocycles. The van der Waals surface area contributed by atoms with Gasteiger partial charge in [-0.15, -0.1) is 11.3 Å². The number of anilines is 1. The van der Waals surface area contributed by atoms with Crippen LogP contribution in [0.15, 0.2) is 12.4 Å². The maximum Gasteiger partial charge on any atom is 0.150 e. The molecule has 0 amide bonds. The van der Waals surface area contributed by atoms with Gasteiger partial charge in [0.1, 0.15) is 11.5 Å². The third-order valence-electron chi connectivity index (χ3n) is 2.79. The minimum atomic E-state index is 0.539. The highest BCUT2D eigenvalue weighted by Crippen LogP contribution is 2.34. The number of rotatable bonds is 1. The van der Waals surface area contributed by atoms with E-state index in [1.54, 1.807) is 11.3 Å². The Balaban J connectivity index is 1.96. The molecule has 0 radical (unpaired) electrons. The maximum absolute atomic E-state index is 6.06. The Morgan fingerprint density at radius 3 is 3.12 bits per heavy atom. The first kappa shape index (κ1) is 11.2. The van der Waals surface area contributed by atoms with E-state index in [-0.39, 0.29) is 0 Å². The lowest BCUT2D eigenvalue weighted by Gasteiger charge is -2.18. The summed E-state index contributed by atoms with van der Waals surface area (Å²) in [6, 6.07) is 2.08. The Morgan fingerprint density at radius 1 is 1.29 bits per heavy atom. The van der Waals surface area contributed by atoms with Crippen molar-refractivity contribution in [3.05, 3.63) is 17.5 Å². The third-order valence-corrected chi connectivity index (χ3v) is 4.38. The molecule has 0 atom stereocenters. The number of hydrogen-bond acceptors (Lipinski definition) is 5. The average Bonchev–Trinajstić information content (AvgIpc) is 2.59. The molecule has 3 heterocycles. The summed E-state index contributed by atoms with van der Waals surface area (Å²) >= 11 is 7.71. The van der Waals surface area contributed by atoms with Gasteiger partial charge in [0.25, 0.3) is 0 Å². The predicted octanol–water partition coefficient (Wildman–Crippen LogP) is 2.57. The summed E-state index contributed by atoms with van der Waals surface area (Å²) < 4.78 is 6.42. The molecule has 0 unspecified atom stereocenters. The molecule has 90 valence electrons. The van der Waals surface area contributed by atoms with Crippen molar-refractivity contribution in [2.75, 3.05) is 31.2 Å². The summed E-state index contributed by atoms with van der Waals surface area (Å²) in [5.41, 5.74) is 0.926. The molecular weight excluding hydrogens is 258 g/mol. The van der Waals surface area contributed by atoms with E-state index >= 15 is 0 Å². The molecule has 17 heavy (non-hydrogen) atoms. The van der Waals surface area contributed by atoms with Crippen molar-refractivity contribution < 1.29 is 4.74 Å². The van der Waals surface area contributed by atoms with E-state index in [1.165, 1.54) is 11.3 Å². The molecule has 1 aliphatic heterocycles. The van der Waals surface area contributed by atoms with E-state index in [4.69, 9.17) is 16.3 Å². The summed E-state index contributed by atoms with van der Waals surface area (Å²) in [7, 11) is 0. The highest BCUT2D eigenvalue weighted by atomic mass is 35.5. The lowest BCUT2D eigenvalue weighted by molar-refractivity contribution is 0.152. The molecule has 6 heteroatoms. The second kappa shape index (κ2) is 4.76. The summed E-state index contributed by atoms with van der Waals surface area (Å²) in [4.78, 5) is 10.6. The number of halogens is 1. The van der Waals surface area contributed by atoms with Gasteiger partial charge in [-0.3, -0.25) is 0 Å². The number of ether oxygens (including phenoxy) is 1. The molecule has 0 aliphatic carbocycles. The minimum absolute atomic E-state index is 0.539. The molecule has 0 saturated carbocycles. The first-order valence-electron chi connectivity index (χ1n) is 5.57. The molecule has 0 N–H and O–H groups in total. The zero-order chi connectivity index (χ0) is 11.7. The molecular formula is C11H12ClN3OS. The zero-order valence-electron chi connectivity index (χ0n) is 9.23. The number of fused-ring (bicyclic) bond motifs is 1. The van der Waals surface area contributed by atoms with Crippen LogP contribution in [0, 0.1) is 0 Å². The average molecular weight is 270 g/mol. The Kier molecular flexibility index (Phi) is 3.13. The van der Waals surface area contributed by atoms with Crippen LogP contribution in [-0.4, -0.2) is 36.3 Å². The Hall–Kier alpha value is -0.910. The lowest BCUT2D eigenvalue weighted by Crippen LogP contribution is -2.24. The van der Waals surface area contributed by atoms with Gasteiger partial charge in [-0.25, -0.2) is 9.97 Å². The van der Waals surface area contributed by atoms with Gasteiger partial charge in [-0.1, -0.05) is 11.6 Å². The van der Waals surface area contributed by atoms with Crippen molar-refractivity contribution in [1.82, 2.24) is 9.97 Å². The number of nitrogens with zero attached hydrogens (tertiary/aromatic N) is 3. The van der Waals surface area contributed by atoms with Crippen molar-refractivity contribution in [1.29, 1.82) is 0 Å². The van der Waals surface area contributed by atoms with E-state index in [9.17, 15) is 0 Å². The SMILES string of the molecule is Clc1ncnc2cc(N3CCCOCC3)sc12. The second-order valence-corrected chi connectivity index (χ2v) is 5.31. The smallest absolute Gasteiger partial charge is 0.150 e. The topological polar surface area (TPSA) is 38.2 Å². The predicted molar refractivity (Wildman–Crippen MR) is 70.1 cm³/mol. The molecule has 1 fully saturated rings. The van der Waals surface area contributed by atoms with Crippen molar-refractivity contribution in [3.63, 3.8) is 0 Å². The molecule has 0 bridgehead atoms. The Labute approximate surface area is 108 Å². The van der Waals surface area contributed by atoms with Crippen molar-refractivity contribution in [3.8, 4) is 0 Å². The second-order valence-electron chi connectivity index (χ2n) is 3.92. The van der Waals surface area contributed by atoms with E-state index < -0.39 is 0 Å². The standard InChI is InChI=1S/C11H12ClN3OS/c12-11-10-8(13-7-14-11)6-9(17-10)15-2-1-4-16-5-3-15/h6-7H,1-5H2. The monoisotopic (exact) mass is 269 g/mol. The number of thiophene rings is 1. The molecule has 4 nitrogen and oxygen atoms in total. The van der Waals surface area contributed by atoms with Gasteiger partial charge in [0.2, 0.25) is 0 Å². The normalized spacial score (nSPS) is 17.4. The largest absolute Gasteiger partial charge is 0.380 e. The highest BCUT2D eigenvalue weighted by Gasteiger charge is 2.14. The fraction of sp³-hybridized carbons (Fsp3) is 0.455. The van der Waals surface area contributed by atoms with Crippen LogP contribution in [0.25, 0.3) is 10.2 Å². The summed E-state index contributed by atoms with van der Waals surface area (Å²) in [5.74, 6) is 0. The van der Waals surface area contributed by atoms with Crippen LogP contribution in [0.4, 0.5) is 5.00 Å². The van der Waals surface area contributed by atoms with E-state index in [1.807, 2.05) is 0 Å². The Morgan fingerprint density at radius 2 is 2.24 bits per heavy atom. The third kappa shape index (κ3) is 2.22. The molecule has 0 spiro atoms. The van der Waals surface area contributed by atoms with Crippen molar-refractivity contribution in [2.24, 2.45) is 0 Å². The minimum Gasteiger partial charge on any atom is -0.380 e. The van der Waals surface area contributed by atoms with Crippen LogP contribution in [0.5, 0.6) is 0 Å². The van der Waals surface area contributed by atoms with Gasteiger partial charge in [0.15, 0.2) is 0 Å². The van der Waals surface area contributed by atoms with Crippen LogP contribution in [-0.2, 0) is 4.74 Å². The van der Waals surface area contributed by atoms with Crippen LogP contribution in [0.3, 0.4) is 0 Å². The summed E-state index contributed by atoms with van der Waals surface area (Å²) in [6.07, 6.45) is 2.57. The Bertz CT molecular complexity index is 522. The fourth-order valence-electron chi connectivity index (χ4n) is 1.94. The van der Waals surface area contributed by atoms with Gasteiger partial charge >= 0.3 is 0 Å². The quantitative estimate of drug-likeness (QED) is 0.746. The van der Waals surface area contributed by atoms with E-state index in [0.717, 1.165) is 42.9 Å². The van der Waals surface area contributed by atoms with Crippen LogP contribution in [0.1, 0.15) is 6.42 Å². The molecule has 1 aliphatic rings. The summed E-state index contributed by atoms with van der Waals surface area (Å²) in [5, 5.41) is 1.74. The molecule has 1 saturated heterocycles. The number of aromatic nitrogens is 2. The lowest BCUT2D eigenvalue weighted by atomic mass is 10.4. The molecule has 2 aromatic heterocycles. The maximum atomic E-state index is 6.06. The highest BCUT2D eigenvalue weighted by molar-refractivity contribution is 7.23. The van der Waals surface area contributed by atoms with Crippen LogP contribution >= 0.6 is 22.9 Å². The first-order valence-corrected chi connectivity index (χ1v) is 6.77. The van der Waals surface area contributed by atoms with E-state index in [0.29, 0.717) is 5.15 Å². The van der Waals surface area contributed by atoms with Crippen LogP contribution in [0.2, 0.25) is 5.15 Å². The molecule has 2 aromatic rings. The van der Waals surface area contributed by atoms with Gasteiger partial charge < -0.3 is 9.64 Å². The van der Waals surface area contributed by atoms with E-state index in [2.05, 4.69) is 20.9 Å². The van der Waals surface area contributed by atoms with Gasteiger partial charge in [0.05, 0.1) is 21.8 Å². The van der Waals surface area contributed by atoms with Gasteiger partial charge in [-0.05, 0) is 12.5 Å². The zero-order valence-corrected chi connectivity index (χ0v) is 10.8. The van der Waals surface area contributed by atoms with Gasteiger partial charge in [-0.2, -0.15) is 0 Å². The molecule has 3 rings (SSSR count). The van der Waals surface area contributed by atoms with Crippen molar-refractivity contribution >= 4 is 38.2 Å². The number of hydrogen-bond donors (Lipinski definition) is 0. The fourth-order valence-corrected chi connectivity index (χ4v) is 3.24. The van der Waals surface area contributed by atoms with Crippen LogP contribution < -0.4 is 4.90 Å². The van der Waals surface area contributed by atoms with Gasteiger partial charge in [0, 0.05) is 19.7 Å². The van der Waals surface area contributed by atoms with Crippen molar-refractivity contribution in [2.45, 2.75) is 6.42 Å². The summed E-state index contributed by atoms with van der Waals surface area (Å²) in [6.45, 7) is 3.59. The first-order chi connectivity index (χ1) is 8.34.